The molecule has 0 nitrogen and oxygen atoms in total. The van der Waals surface area contributed by atoms with E-state index in [1.54, 1.807) is 0 Å². The lowest BCUT2D eigenvalue weighted by molar-refractivity contribution is 0.455. The molecule has 0 aliphatic heterocycles. The maximum absolute atomic E-state index is 2.59. The minimum absolute atomic E-state index is 0.619. The van der Waals surface area contributed by atoms with E-state index in [1.807, 2.05) is 0 Å². The van der Waals surface area contributed by atoms with Crippen LogP contribution in [0.25, 0.3) is 0 Å². The summed E-state index contributed by atoms with van der Waals surface area (Å²) >= 11 is 0. The van der Waals surface area contributed by atoms with Gasteiger partial charge in [0.1, 0.15) is 0 Å². The van der Waals surface area contributed by atoms with Crippen molar-refractivity contribution in [2.75, 3.05) is 0 Å². The van der Waals surface area contributed by atoms with Crippen LogP contribution in [0.2, 0.25) is 23.7 Å². The molecule has 0 heterocycles. The molecule has 0 N–H and O–H groups in total. The van der Waals surface area contributed by atoms with Crippen molar-refractivity contribution in [1.29, 1.82) is 0 Å². The predicted molar refractivity (Wildman–Crippen MR) is 59.3 cm³/mol. The molecule has 1 saturated carbocycles. The molecule has 72 valence electrons. The standard InChI is InChI=1S/C11H24Si/c1-9(2)11(3,4)12(5,6)10-7-8-10/h9-10H,7-8H2,1-6H3. The first-order valence-electron chi connectivity index (χ1n) is 5.30. The smallest absolute Gasteiger partial charge is 0.0564 e. The first-order valence-corrected chi connectivity index (χ1v) is 8.38. The zero-order chi connectivity index (χ0) is 9.57. The third kappa shape index (κ3) is 1.48. The molecule has 0 aromatic carbocycles. The molecule has 12 heavy (non-hydrogen) atoms. The second-order valence-electron chi connectivity index (χ2n) is 5.87. The SMILES string of the molecule is CC(C)C(C)(C)[Si](C)(C)C1CC1. The Kier molecular flexibility index (Phi) is 2.46. The lowest BCUT2D eigenvalue weighted by Gasteiger charge is -2.44. The zero-order valence-electron chi connectivity index (χ0n) is 9.57. The molecule has 0 atom stereocenters. The van der Waals surface area contributed by atoms with Crippen molar-refractivity contribution in [3.8, 4) is 0 Å². The van der Waals surface area contributed by atoms with E-state index in [2.05, 4.69) is 40.8 Å². The van der Waals surface area contributed by atoms with E-state index < -0.39 is 8.07 Å². The van der Waals surface area contributed by atoms with Gasteiger partial charge in [-0.3, -0.25) is 0 Å². The molecule has 1 fully saturated rings. The predicted octanol–water partition coefficient (Wildman–Crippen LogP) is 4.30. The summed E-state index contributed by atoms with van der Waals surface area (Å²) in [5.74, 6) is 0.847. The summed E-state index contributed by atoms with van der Waals surface area (Å²) in [5.41, 5.74) is 1.13. The Morgan fingerprint density at radius 1 is 1.17 bits per heavy atom. The quantitative estimate of drug-likeness (QED) is 0.574. The lowest BCUT2D eigenvalue weighted by Crippen LogP contribution is -2.42. The highest BCUT2D eigenvalue weighted by Gasteiger charge is 2.50. The first kappa shape index (κ1) is 10.3. The fourth-order valence-electron chi connectivity index (χ4n) is 2.08. The topological polar surface area (TPSA) is 0 Å². The Labute approximate surface area is 78.8 Å². The van der Waals surface area contributed by atoms with Crippen LogP contribution in [0.3, 0.4) is 0 Å². The molecular formula is C11H24Si. The molecule has 0 radical (unpaired) electrons. The first-order chi connectivity index (χ1) is 5.30. The van der Waals surface area contributed by atoms with Crippen molar-refractivity contribution >= 4 is 8.07 Å². The van der Waals surface area contributed by atoms with Crippen molar-refractivity contribution in [2.45, 2.75) is 64.2 Å². The van der Waals surface area contributed by atoms with Crippen LogP contribution < -0.4 is 0 Å². The van der Waals surface area contributed by atoms with Crippen LogP contribution >= 0.6 is 0 Å². The zero-order valence-corrected chi connectivity index (χ0v) is 10.6. The van der Waals surface area contributed by atoms with Crippen molar-refractivity contribution in [2.24, 2.45) is 5.92 Å². The summed E-state index contributed by atoms with van der Waals surface area (Å²) in [6.45, 7) is 14.9. The van der Waals surface area contributed by atoms with E-state index in [9.17, 15) is 0 Å². The molecule has 0 bridgehead atoms. The summed E-state index contributed by atoms with van der Waals surface area (Å²) in [7, 11) is -0.960. The molecule has 0 saturated heterocycles. The molecule has 0 unspecified atom stereocenters. The van der Waals surface area contributed by atoms with E-state index in [4.69, 9.17) is 0 Å². The van der Waals surface area contributed by atoms with Crippen molar-refractivity contribution in [1.82, 2.24) is 0 Å². The van der Waals surface area contributed by atoms with Gasteiger partial charge in [0.05, 0.1) is 8.07 Å². The van der Waals surface area contributed by atoms with Crippen molar-refractivity contribution < 1.29 is 0 Å². The van der Waals surface area contributed by atoms with Gasteiger partial charge in [-0.2, -0.15) is 0 Å². The van der Waals surface area contributed by atoms with Crippen LogP contribution in [-0.4, -0.2) is 8.07 Å². The Balaban J connectivity index is 2.77. The normalized spacial score (nSPS) is 20.2. The van der Waals surface area contributed by atoms with Crippen LogP contribution in [0.5, 0.6) is 0 Å². The highest BCUT2D eigenvalue weighted by Crippen LogP contribution is 2.57. The fraction of sp³-hybridized carbons (Fsp3) is 1.00. The summed E-state index contributed by atoms with van der Waals surface area (Å²) in [6.07, 6.45) is 3.05. The summed E-state index contributed by atoms with van der Waals surface area (Å²) in [4.78, 5) is 0. The molecule has 1 aliphatic carbocycles. The van der Waals surface area contributed by atoms with E-state index in [-0.39, 0.29) is 0 Å². The second kappa shape index (κ2) is 2.86. The summed E-state index contributed by atoms with van der Waals surface area (Å²) in [6, 6.07) is 0. The monoisotopic (exact) mass is 184 g/mol. The van der Waals surface area contributed by atoms with Crippen LogP contribution in [0.4, 0.5) is 0 Å². The average Bonchev–Trinajstić information content (AvgIpc) is 2.66. The van der Waals surface area contributed by atoms with Crippen LogP contribution in [0.1, 0.15) is 40.5 Å². The Hall–Kier alpha value is 0.217. The van der Waals surface area contributed by atoms with Gasteiger partial charge in [-0.1, -0.05) is 53.6 Å². The highest BCUT2D eigenvalue weighted by atomic mass is 28.3. The van der Waals surface area contributed by atoms with Crippen molar-refractivity contribution in [3.05, 3.63) is 0 Å². The van der Waals surface area contributed by atoms with Crippen LogP contribution in [-0.2, 0) is 0 Å². The van der Waals surface area contributed by atoms with Crippen LogP contribution in [0.15, 0.2) is 0 Å². The largest absolute Gasteiger partial charge is 0.0687 e. The molecule has 0 amide bonds. The average molecular weight is 184 g/mol. The summed E-state index contributed by atoms with van der Waals surface area (Å²) in [5, 5.41) is 0.619. The minimum Gasteiger partial charge on any atom is -0.0687 e. The van der Waals surface area contributed by atoms with Gasteiger partial charge >= 0.3 is 0 Å². The molecule has 1 rings (SSSR count). The minimum atomic E-state index is -0.960. The van der Waals surface area contributed by atoms with Gasteiger partial charge in [-0.05, 0) is 16.5 Å². The lowest BCUT2D eigenvalue weighted by atomic mass is 9.99. The van der Waals surface area contributed by atoms with Gasteiger partial charge < -0.3 is 0 Å². The molecule has 0 spiro atoms. The van der Waals surface area contributed by atoms with Gasteiger partial charge in [-0.25, -0.2) is 0 Å². The van der Waals surface area contributed by atoms with E-state index >= 15 is 0 Å². The molecule has 0 aromatic rings. The van der Waals surface area contributed by atoms with Gasteiger partial charge in [0.25, 0.3) is 0 Å². The Morgan fingerprint density at radius 2 is 1.58 bits per heavy atom. The van der Waals surface area contributed by atoms with Gasteiger partial charge in [0, 0.05) is 0 Å². The highest BCUT2D eigenvalue weighted by molar-refractivity contribution is 6.82. The van der Waals surface area contributed by atoms with E-state index in [0.717, 1.165) is 11.5 Å². The van der Waals surface area contributed by atoms with E-state index in [1.165, 1.54) is 12.8 Å². The molecular weight excluding hydrogens is 160 g/mol. The van der Waals surface area contributed by atoms with Gasteiger partial charge in [0.15, 0.2) is 0 Å². The maximum Gasteiger partial charge on any atom is 0.0564 e. The Bertz CT molecular complexity index is 152. The second-order valence-corrected chi connectivity index (χ2v) is 11.4. The molecule has 1 aliphatic rings. The van der Waals surface area contributed by atoms with Crippen LogP contribution in [0, 0.1) is 5.92 Å². The third-order valence-electron chi connectivity index (χ3n) is 4.70. The third-order valence-corrected chi connectivity index (χ3v) is 11.2. The number of rotatable bonds is 3. The van der Waals surface area contributed by atoms with Crippen molar-refractivity contribution in [3.63, 3.8) is 0 Å². The molecule has 1 heteroatoms. The number of hydrogen-bond donors (Lipinski definition) is 0. The number of hydrogen-bond acceptors (Lipinski definition) is 0. The van der Waals surface area contributed by atoms with E-state index in [0.29, 0.717) is 5.04 Å². The Morgan fingerprint density at radius 3 is 1.83 bits per heavy atom. The van der Waals surface area contributed by atoms with Gasteiger partial charge in [0.2, 0.25) is 0 Å². The van der Waals surface area contributed by atoms with Gasteiger partial charge in [-0.15, -0.1) is 0 Å². The maximum atomic E-state index is 2.59. The molecule has 0 aromatic heterocycles. The fourth-order valence-corrected chi connectivity index (χ4v) is 6.23. The summed E-state index contributed by atoms with van der Waals surface area (Å²) < 4.78 is 0.